The Balaban J connectivity index is 3.20. The molecule has 0 bridgehead atoms. The van der Waals surface area contributed by atoms with Gasteiger partial charge in [0.05, 0.1) is 1.37 Å². The normalized spacial score (nSPS) is 10.5. The third-order valence-corrected chi connectivity index (χ3v) is 0.237. The van der Waals surface area contributed by atoms with Gasteiger partial charge in [-0.1, -0.05) is 6.58 Å². The molecule has 0 amide bonds. The third kappa shape index (κ3) is 1.84. The van der Waals surface area contributed by atoms with Crippen molar-refractivity contribution >= 4 is 8.37 Å². The molecule has 0 radical (unpaired) electrons. The molecular formula is C2H4NP. The third-order valence-electron chi connectivity index (χ3n) is 0.0791. The lowest BCUT2D eigenvalue weighted by Gasteiger charge is -1.41. The average Bonchev–Trinajstić information content (AvgIpc) is 1.38. The maximum atomic E-state index is 6.43. The van der Waals surface area contributed by atoms with Gasteiger partial charge >= 0.3 is 0 Å². The van der Waals surface area contributed by atoms with Crippen LogP contribution in [0.5, 0.6) is 0 Å². The van der Waals surface area contributed by atoms with Crippen molar-refractivity contribution in [1.82, 2.24) is 0 Å². The van der Waals surface area contributed by atoms with Crippen molar-refractivity contribution in [3.63, 3.8) is 0 Å². The zero-order valence-electron chi connectivity index (χ0n) is 3.15. The summed E-state index contributed by atoms with van der Waals surface area (Å²) in [6.45, 7) is 3.14. The van der Waals surface area contributed by atoms with Crippen LogP contribution in [0.3, 0.4) is 0 Å². The Hall–Kier alpha value is -0.160. The van der Waals surface area contributed by atoms with Crippen molar-refractivity contribution in [2.24, 2.45) is 0 Å². The van der Waals surface area contributed by atoms with Gasteiger partial charge in [0.15, 0.2) is 0 Å². The molecule has 0 heterocycles. The average molecular weight is 74.0 g/mol. The summed E-state index contributed by atoms with van der Waals surface area (Å²) in [5, 5.41) is 6.34. The molecule has 22 valence electrons. The van der Waals surface area contributed by atoms with E-state index in [0.717, 1.165) is 0 Å². The molecule has 0 fully saturated rings. The second-order valence-electron chi connectivity index (χ2n) is 0.270. The summed E-state index contributed by atoms with van der Waals surface area (Å²) in [5.74, 6) is 0.144. The van der Waals surface area contributed by atoms with Crippen molar-refractivity contribution in [3.05, 3.63) is 12.4 Å². The first-order chi connectivity index (χ1) is 2.27. The molecule has 0 rings (SSSR count). The molecule has 0 saturated carbocycles. The van der Waals surface area contributed by atoms with Crippen LogP contribution >= 0.6 is 8.37 Å². The van der Waals surface area contributed by atoms with Crippen LogP contribution in [0.2, 0.25) is 0 Å². The van der Waals surface area contributed by atoms with E-state index in [1.165, 1.54) is 0 Å². The van der Waals surface area contributed by atoms with Crippen molar-refractivity contribution in [2.75, 3.05) is 0 Å². The van der Waals surface area contributed by atoms with Gasteiger partial charge in [-0.2, -0.15) is 0 Å². The minimum Gasteiger partial charge on any atom is -0.279 e. The van der Waals surface area contributed by atoms with Crippen LogP contribution in [-0.4, -0.2) is 0 Å². The summed E-state index contributed by atoms with van der Waals surface area (Å²) in [5.41, 5.74) is 0. The van der Waals surface area contributed by atoms with Crippen LogP contribution < -0.4 is 0 Å². The molecule has 0 aliphatic heterocycles. The summed E-state index contributed by atoms with van der Waals surface area (Å²) >= 11 is 0. The summed E-state index contributed by atoms with van der Waals surface area (Å²) in [4.78, 5) is 0. The summed E-state index contributed by atoms with van der Waals surface area (Å²) in [7, 11) is 0.219. The summed E-state index contributed by atoms with van der Waals surface area (Å²) in [6.07, 6.45) is 0. The van der Waals surface area contributed by atoms with Gasteiger partial charge < -0.3 is 0 Å². The molecule has 0 aliphatic rings. The quantitative estimate of drug-likeness (QED) is 0.459. The van der Waals surface area contributed by atoms with E-state index in [2.05, 4.69) is 6.58 Å². The fourth-order valence-corrected chi connectivity index (χ4v) is 0. The van der Waals surface area contributed by atoms with Crippen LogP contribution in [0.1, 0.15) is 1.37 Å². The van der Waals surface area contributed by atoms with Crippen molar-refractivity contribution in [2.45, 2.75) is 0 Å². The van der Waals surface area contributed by atoms with Gasteiger partial charge in [-0.05, 0) is 5.79 Å². The fourth-order valence-electron chi connectivity index (χ4n) is 0. The summed E-state index contributed by atoms with van der Waals surface area (Å²) < 4.78 is 6.43. The molecule has 1 N–H and O–H groups in total. The zero-order valence-corrected chi connectivity index (χ0v) is 3.05. The highest BCUT2D eigenvalue weighted by atomic mass is 31.1. The van der Waals surface area contributed by atoms with E-state index in [-0.39, 0.29) is 14.2 Å². The van der Waals surface area contributed by atoms with E-state index in [1.807, 2.05) is 0 Å². The number of hydrogen-bond donors (Lipinski definition) is 1. The largest absolute Gasteiger partial charge is 0.279 e. The van der Waals surface area contributed by atoms with Crippen molar-refractivity contribution < 1.29 is 1.37 Å². The standard InChI is InChI=1S/C2H4NP/c1-2-4-3/h2-3H,1H2/i2D. The molecule has 2 heteroatoms. The SMILES string of the molecule is [2H]C(=C)P=N. The highest BCUT2D eigenvalue weighted by Crippen LogP contribution is 1.86. The molecule has 0 saturated heterocycles. The Bertz CT molecular complexity index is 60.7. The van der Waals surface area contributed by atoms with Crippen LogP contribution in [0.15, 0.2) is 12.4 Å². The first-order valence-electron chi connectivity index (χ1n) is 1.30. The van der Waals surface area contributed by atoms with Crippen LogP contribution in [0.25, 0.3) is 0 Å². The van der Waals surface area contributed by atoms with Gasteiger partial charge in [0.25, 0.3) is 0 Å². The predicted octanol–water partition coefficient (Wildman–Crippen LogP) is 1.84. The second kappa shape index (κ2) is 2.84. The Morgan fingerprint density at radius 3 is 2.75 bits per heavy atom. The molecule has 0 aromatic rings. The first-order valence-corrected chi connectivity index (χ1v) is 1.70. The number of hydrogen-bond acceptors (Lipinski definition) is 1. The van der Waals surface area contributed by atoms with E-state index >= 15 is 0 Å². The van der Waals surface area contributed by atoms with Gasteiger partial charge in [-0.15, -0.1) is 0 Å². The Kier molecular flexibility index (Phi) is 1.49. The van der Waals surface area contributed by atoms with E-state index in [0.29, 0.717) is 0 Å². The molecule has 0 aromatic carbocycles. The molecule has 0 aromatic heterocycles. The molecular weight excluding hydrogens is 69.0 g/mol. The highest BCUT2D eigenvalue weighted by Gasteiger charge is 1.33. The van der Waals surface area contributed by atoms with Crippen molar-refractivity contribution in [3.8, 4) is 0 Å². The van der Waals surface area contributed by atoms with Gasteiger partial charge in [0.1, 0.15) is 0 Å². The lowest BCUT2D eigenvalue weighted by atomic mass is 11.3. The molecule has 0 aliphatic carbocycles. The lowest BCUT2D eigenvalue weighted by molar-refractivity contribution is 1.65. The molecule has 4 heavy (non-hydrogen) atoms. The minimum atomic E-state index is 0.144. The Labute approximate surface area is 28.4 Å². The predicted molar refractivity (Wildman–Crippen MR) is 19.8 cm³/mol. The Morgan fingerprint density at radius 2 is 2.75 bits per heavy atom. The van der Waals surface area contributed by atoms with Gasteiger partial charge in [-0.25, -0.2) is 0 Å². The lowest BCUT2D eigenvalue weighted by Crippen LogP contribution is -0.996. The second-order valence-corrected chi connectivity index (χ2v) is 0.810. The van der Waals surface area contributed by atoms with E-state index in [4.69, 9.17) is 6.53 Å². The first kappa shape index (κ1) is 2.10. The highest BCUT2D eigenvalue weighted by molar-refractivity contribution is 7.29. The van der Waals surface area contributed by atoms with E-state index in [1.54, 1.807) is 0 Å². The molecule has 0 atom stereocenters. The number of rotatable bonds is 1. The van der Waals surface area contributed by atoms with E-state index in [9.17, 15) is 0 Å². The topological polar surface area (TPSA) is 23.9 Å². The zero-order chi connectivity index (χ0) is 4.28. The Morgan fingerprint density at radius 1 is 2.50 bits per heavy atom. The van der Waals surface area contributed by atoms with Crippen LogP contribution in [-0.2, 0) is 0 Å². The number of nitrogens with one attached hydrogen (secondary N) is 1. The minimum absolute atomic E-state index is 0.144. The molecule has 1 nitrogen and oxygen atoms in total. The van der Waals surface area contributed by atoms with E-state index < -0.39 is 0 Å². The van der Waals surface area contributed by atoms with Crippen LogP contribution in [0.4, 0.5) is 0 Å². The van der Waals surface area contributed by atoms with Gasteiger partial charge in [0.2, 0.25) is 0 Å². The molecule has 0 spiro atoms. The monoisotopic (exact) mass is 74.0 g/mol. The molecule has 0 unspecified atom stereocenters. The van der Waals surface area contributed by atoms with Gasteiger partial charge in [0, 0.05) is 8.37 Å². The summed E-state index contributed by atoms with van der Waals surface area (Å²) in [6, 6.07) is 0. The van der Waals surface area contributed by atoms with Crippen LogP contribution in [0, 0.1) is 5.16 Å². The fraction of sp³-hybridized carbons (Fsp3) is 0. The maximum absolute atomic E-state index is 6.43. The van der Waals surface area contributed by atoms with Gasteiger partial charge in [-0.3, -0.25) is 5.16 Å². The maximum Gasteiger partial charge on any atom is 0.0685 e. The smallest absolute Gasteiger partial charge is 0.0685 e. The van der Waals surface area contributed by atoms with Crippen molar-refractivity contribution in [1.29, 1.82) is 5.16 Å².